The van der Waals surface area contributed by atoms with Crippen LogP contribution in [0.3, 0.4) is 0 Å². The Morgan fingerprint density at radius 2 is 1.36 bits per heavy atom. The summed E-state index contributed by atoms with van der Waals surface area (Å²) >= 11 is 0. The lowest BCUT2D eigenvalue weighted by Crippen LogP contribution is -1.89. The molecule has 0 radical (unpaired) electrons. The number of hydrogen-bond donors (Lipinski definition) is 1. The van der Waals surface area contributed by atoms with Crippen molar-refractivity contribution in [3.63, 3.8) is 0 Å². The Morgan fingerprint density at radius 1 is 0.857 bits per heavy atom. The highest BCUT2D eigenvalue weighted by molar-refractivity contribution is 5.13. The summed E-state index contributed by atoms with van der Waals surface area (Å²) in [5.74, 6) is 0. The SMILES string of the molecule is C.C.C.C.CNC=CC=CC=C(C)C. The summed E-state index contributed by atoms with van der Waals surface area (Å²) in [5.41, 5.74) is 1.31. The fourth-order valence-corrected chi connectivity index (χ4v) is 0.464. The molecule has 0 aliphatic rings. The van der Waals surface area contributed by atoms with Crippen molar-refractivity contribution < 1.29 is 0 Å². The van der Waals surface area contributed by atoms with Gasteiger partial charge in [-0.2, -0.15) is 0 Å². The van der Waals surface area contributed by atoms with Crippen LogP contribution >= 0.6 is 0 Å². The summed E-state index contributed by atoms with van der Waals surface area (Å²) < 4.78 is 0. The van der Waals surface area contributed by atoms with Crippen molar-refractivity contribution in [1.82, 2.24) is 5.32 Å². The van der Waals surface area contributed by atoms with Crippen LogP contribution in [-0.2, 0) is 0 Å². The average Bonchev–Trinajstić information content (AvgIpc) is 1.87. The second-order valence-corrected chi connectivity index (χ2v) is 2.28. The number of rotatable bonds is 3. The smallest absolute Gasteiger partial charge is 0.00277 e. The van der Waals surface area contributed by atoms with Crippen LogP contribution < -0.4 is 5.32 Å². The molecule has 14 heavy (non-hydrogen) atoms. The van der Waals surface area contributed by atoms with Crippen molar-refractivity contribution in [2.75, 3.05) is 7.05 Å². The molecular formula is C13H31N. The first kappa shape index (κ1) is 29.2. The third-order valence-corrected chi connectivity index (χ3v) is 0.915. The van der Waals surface area contributed by atoms with E-state index in [0.717, 1.165) is 0 Å². The number of nitrogens with one attached hydrogen (secondary N) is 1. The predicted octanol–water partition coefficient (Wildman–Crippen LogP) is 4.79. The molecule has 0 aliphatic carbocycles. The van der Waals surface area contributed by atoms with Crippen molar-refractivity contribution in [3.8, 4) is 0 Å². The van der Waals surface area contributed by atoms with Crippen LogP contribution in [0.4, 0.5) is 0 Å². The number of allylic oxidation sites excluding steroid dienone is 5. The zero-order chi connectivity index (χ0) is 7.82. The Labute approximate surface area is 92.6 Å². The van der Waals surface area contributed by atoms with Gasteiger partial charge in [-0.05, 0) is 26.1 Å². The van der Waals surface area contributed by atoms with Gasteiger partial charge in [0.05, 0.1) is 0 Å². The van der Waals surface area contributed by atoms with Gasteiger partial charge in [0.2, 0.25) is 0 Å². The van der Waals surface area contributed by atoms with Crippen LogP contribution in [0.25, 0.3) is 0 Å². The molecule has 0 heterocycles. The Kier molecular flexibility index (Phi) is 47.4. The van der Waals surface area contributed by atoms with E-state index in [1.54, 1.807) is 0 Å². The topological polar surface area (TPSA) is 12.0 Å². The first-order valence-electron chi connectivity index (χ1n) is 3.41. The van der Waals surface area contributed by atoms with E-state index in [9.17, 15) is 0 Å². The third-order valence-electron chi connectivity index (χ3n) is 0.915. The van der Waals surface area contributed by atoms with Gasteiger partial charge >= 0.3 is 0 Å². The van der Waals surface area contributed by atoms with Gasteiger partial charge in [0.25, 0.3) is 0 Å². The van der Waals surface area contributed by atoms with Crippen molar-refractivity contribution in [2.24, 2.45) is 0 Å². The van der Waals surface area contributed by atoms with Crippen molar-refractivity contribution >= 4 is 0 Å². The van der Waals surface area contributed by atoms with Crippen molar-refractivity contribution in [2.45, 2.75) is 43.6 Å². The lowest BCUT2D eigenvalue weighted by Gasteiger charge is -1.81. The highest BCUT2D eigenvalue weighted by Crippen LogP contribution is 1.88. The Bertz CT molecular complexity index is 149. The molecule has 0 fully saturated rings. The molecule has 0 aromatic heterocycles. The van der Waals surface area contributed by atoms with E-state index < -0.39 is 0 Å². The van der Waals surface area contributed by atoms with Gasteiger partial charge in [0.15, 0.2) is 0 Å². The van der Waals surface area contributed by atoms with Crippen LogP contribution in [0.1, 0.15) is 43.6 Å². The molecule has 1 N–H and O–H groups in total. The summed E-state index contributed by atoms with van der Waals surface area (Å²) in [5, 5.41) is 2.90. The molecule has 0 amide bonds. The molecule has 0 saturated carbocycles. The van der Waals surface area contributed by atoms with Gasteiger partial charge in [0, 0.05) is 7.05 Å². The normalized spacial score (nSPS) is 7.64. The molecule has 88 valence electrons. The van der Waals surface area contributed by atoms with E-state index in [4.69, 9.17) is 0 Å². The van der Waals surface area contributed by atoms with E-state index in [0.29, 0.717) is 0 Å². The first-order chi connectivity index (χ1) is 4.77. The molecule has 0 saturated heterocycles. The van der Waals surface area contributed by atoms with Gasteiger partial charge in [-0.1, -0.05) is 53.5 Å². The summed E-state index contributed by atoms with van der Waals surface area (Å²) in [6, 6.07) is 0. The van der Waals surface area contributed by atoms with Crippen LogP contribution in [0.2, 0.25) is 0 Å². The molecule has 0 aliphatic heterocycles. The van der Waals surface area contributed by atoms with Gasteiger partial charge in [-0.25, -0.2) is 0 Å². The third kappa shape index (κ3) is 30.5. The second kappa shape index (κ2) is 22.7. The quantitative estimate of drug-likeness (QED) is 0.648. The molecule has 1 nitrogen and oxygen atoms in total. The Hall–Kier alpha value is -0.980. The largest absolute Gasteiger partial charge is 0.394 e. The first-order valence-corrected chi connectivity index (χ1v) is 3.41. The second-order valence-electron chi connectivity index (χ2n) is 2.28. The molecule has 0 atom stereocenters. The lowest BCUT2D eigenvalue weighted by molar-refractivity contribution is 1.10. The lowest BCUT2D eigenvalue weighted by atomic mass is 10.3. The molecular weight excluding hydrogens is 170 g/mol. The molecule has 0 aromatic rings. The van der Waals surface area contributed by atoms with Gasteiger partial charge in [-0.15, -0.1) is 0 Å². The average molecular weight is 201 g/mol. The Balaban J connectivity index is -0.0000000675. The van der Waals surface area contributed by atoms with E-state index >= 15 is 0 Å². The summed E-state index contributed by atoms with van der Waals surface area (Å²) in [6.07, 6.45) is 9.92. The minimum atomic E-state index is 0. The van der Waals surface area contributed by atoms with Gasteiger partial charge in [0.1, 0.15) is 0 Å². The van der Waals surface area contributed by atoms with Crippen molar-refractivity contribution in [1.29, 1.82) is 0 Å². The van der Waals surface area contributed by atoms with Crippen LogP contribution in [-0.4, -0.2) is 7.05 Å². The van der Waals surface area contributed by atoms with Gasteiger partial charge in [-0.3, -0.25) is 0 Å². The highest BCUT2D eigenvalue weighted by Gasteiger charge is 1.67. The van der Waals surface area contributed by atoms with Crippen LogP contribution in [0, 0.1) is 0 Å². The highest BCUT2D eigenvalue weighted by atomic mass is 14.8. The Morgan fingerprint density at radius 3 is 1.71 bits per heavy atom. The summed E-state index contributed by atoms with van der Waals surface area (Å²) in [6.45, 7) is 4.15. The molecule has 0 bridgehead atoms. The standard InChI is InChI=1S/C9H15N.4CH4/c1-9(2)7-5-4-6-8-10-3;;;;/h4-8,10H,1-3H3;4*1H4. The fraction of sp³-hybridized carbons (Fsp3) is 0.538. The van der Waals surface area contributed by atoms with E-state index in [1.165, 1.54) is 5.57 Å². The van der Waals surface area contributed by atoms with Gasteiger partial charge < -0.3 is 5.32 Å². The predicted molar refractivity (Wildman–Crippen MR) is 73.7 cm³/mol. The maximum Gasteiger partial charge on any atom is 0.00277 e. The van der Waals surface area contributed by atoms with E-state index in [-0.39, 0.29) is 29.7 Å². The summed E-state index contributed by atoms with van der Waals surface area (Å²) in [4.78, 5) is 0. The number of hydrogen-bond acceptors (Lipinski definition) is 1. The molecule has 1 heteroatoms. The molecule has 0 unspecified atom stereocenters. The maximum atomic E-state index is 2.90. The maximum absolute atomic E-state index is 2.90. The minimum Gasteiger partial charge on any atom is -0.394 e. The minimum absolute atomic E-state index is 0. The summed E-state index contributed by atoms with van der Waals surface area (Å²) in [7, 11) is 1.88. The zero-order valence-corrected chi connectivity index (χ0v) is 6.89. The molecule has 0 aromatic carbocycles. The fourth-order valence-electron chi connectivity index (χ4n) is 0.464. The molecule has 0 rings (SSSR count). The van der Waals surface area contributed by atoms with E-state index in [2.05, 4.69) is 25.2 Å². The molecule has 0 spiro atoms. The van der Waals surface area contributed by atoms with Crippen molar-refractivity contribution in [3.05, 3.63) is 36.1 Å². The van der Waals surface area contributed by atoms with Crippen LogP contribution in [0.15, 0.2) is 36.1 Å². The zero-order valence-electron chi connectivity index (χ0n) is 6.89. The van der Waals surface area contributed by atoms with E-state index in [1.807, 2.05) is 31.5 Å². The monoisotopic (exact) mass is 201 g/mol. The van der Waals surface area contributed by atoms with Crippen LogP contribution in [0.5, 0.6) is 0 Å².